The number of nitrogens with zero attached hydrogens (tertiary/aromatic N) is 2. The zero-order valence-corrected chi connectivity index (χ0v) is 19.7. The number of rotatable bonds is 8. The molecule has 10 heteroatoms. The van der Waals surface area contributed by atoms with Gasteiger partial charge in [-0.15, -0.1) is 0 Å². The minimum atomic E-state index is -0.606. The average Bonchev–Trinajstić information content (AvgIpc) is 2.76. The number of halogens is 1. The molecular formula is C23H36FN5O4. The number of benzene rings is 1. The van der Waals surface area contributed by atoms with E-state index in [4.69, 9.17) is 10.5 Å². The monoisotopic (exact) mass is 465 g/mol. The first-order valence-electron chi connectivity index (χ1n) is 11.3. The quantitative estimate of drug-likeness (QED) is 0.509. The summed E-state index contributed by atoms with van der Waals surface area (Å²) >= 11 is 0. The molecule has 1 aliphatic rings. The van der Waals surface area contributed by atoms with Gasteiger partial charge in [-0.1, -0.05) is 12.1 Å². The fourth-order valence-corrected chi connectivity index (χ4v) is 3.37. The highest BCUT2D eigenvalue weighted by Crippen LogP contribution is 2.09. The van der Waals surface area contributed by atoms with E-state index in [2.05, 4.69) is 10.6 Å². The van der Waals surface area contributed by atoms with Crippen LogP contribution in [-0.2, 0) is 16.1 Å². The Balaban J connectivity index is 1.61. The number of alkyl carbamates (subject to hydrolysis) is 1. The van der Waals surface area contributed by atoms with Gasteiger partial charge in [0, 0.05) is 39.3 Å². The smallest absolute Gasteiger partial charge is 0.407 e. The Labute approximate surface area is 194 Å². The first kappa shape index (κ1) is 26.4. The summed E-state index contributed by atoms with van der Waals surface area (Å²) in [4.78, 5) is 39.9. The van der Waals surface area contributed by atoms with Crippen LogP contribution in [0.2, 0.25) is 0 Å². The van der Waals surface area contributed by atoms with E-state index in [1.165, 1.54) is 12.1 Å². The van der Waals surface area contributed by atoms with E-state index in [-0.39, 0.29) is 17.8 Å². The maximum Gasteiger partial charge on any atom is 0.407 e. The molecule has 1 aromatic rings. The summed E-state index contributed by atoms with van der Waals surface area (Å²) in [6, 6.07) is 5.14. The van der Waals surface area contributed by atoms with Crippen LogP contribution in [0.4, 0.5) is 14.0 Å². The summed E-state index contributed by atoms with van der Waals surface area (Å²) in [5.41, 5.74) is 6.34. The van der Waals surface area contributed by atoms with Gasteiger partial charge in [-0.2, -0.15) is 0 Å². The Kier molecular flexibility index (Phi) is 9.90. The predicted octanol–water partition coefficient (Wildman–Crippen LogP) is 2.20. The van der Waals surface area contributed by atoms with Crippen LogP contribution in [0.1, 0.15) is 45.6 Å². The van der Waals surface area contributed by atoms with Crippen LogP contribution in [0.15, 0.2) is 24.3 Å². The minimum Gasteiger partial charge on any atom is -0.444 e. The summed E-state index contributed by atoms with van der Waals surface area (Å²) in [7, 11) is 0. The summed E-state index contributed by atoms with van der Waals surface area (Å²) < 4.78 is 18.1. The Morgan fingerprint density at radius 1 is 1.03 bits per heavy atom. The van der Waals surface area contributed by atoms with Crippen LogP contribution in [0.25, 0.3) is 0 Å². The van der Waals surface area contributed by atoms with Crippen molar-refractivity contribution in [2.24, 2.45) is 5.73 Å². The van der Waals surface area contributed by atoms with Gasteiger partial charge < -0.3 is 30.9 Å². The molecule has 0 aliphatic carbocycles. The molecular weight excluding hydrogens is 429 g/mol. The molecule has 9 nitrogen and oxygen atoms in total. The van der Waals surface area contributed by atoms with Crippen LogP contribution in [0, 0.1) is 5.82 Å². The van der Waals surface area contributed by atoms with Crippen LogP contribution >= 0.6 is 0 Å². The third-order valence-corrected chi connectivity index (χ3v) is 5.16. The molecule has 0 saturated carbocycles. The molecule has 1 aromatic carbocycles. The standard InChI is InChI=1S/C23H36FN5O4/c1-23(2,3)33-22(32)26-11-5-4-6-19(25)20(30)28-12-14-29(15-13-28)21(31)27-16-17-7-9-18(24)10-8-17/h7-10,19H,4-6,11-16,25H2,1-3H3,(H,26,32)(H,27,31). The molecule has 1 aliphatic heterocycles. The van der Waals surface area contributed by atoms with Gasteiger partial charge in [0.05, 0.1) is 6.04 Å². The lowest BCUT2D eigenvalue weighted by molar-refractivity contribution is -0.134. The number of ether oxygens (including phenoxy) is 1. The number of amides is 4. The lowest BCUT2D eigenvalue weighted by Gasteiger charge is -2.35. The number of nitrogens with two attached hydrogens (primary N) is 1. The second kappa shape index (κ2) is 12.4. The zero-order valence-electron chi connectivity index (χ0n) is 19.7. The van der Waals surface area contributed by atoms with Crippen LogP contribution < -0.4 is 16.4 Å². The molecule has 1 heterocycles. The Morgan fingerprint density at radius 3 is 2.24 bits per heavy atom. The molecule has 0 bridgehead atoms. The van der Waals surface area contributed by atoms with Gasteiger partial charge in [-0.05, 0) is 57.7 Å². The number of hydrogen-bond donors (Lipinski definition) is 3. The second-order valence-electron chi connectivity index (χ2n) is 9.13. The summed E-state index contributed by atoms with van der Waals surface area (Å²) in [6.45, 7) is 7.88. The van der Waals surface area contributed by atoms with E-state index in [0.717, 1.165) is 5.56 Å². The number of hydrogen-bond acceptors (Lipinski definition) is 5. The number of urea groups is 1. The molecule has 0 aromatic heterocycles. The maximum absolute atomic E-state index is 13.0. The van der Waals surface area contributed by atoms with Gasteiger partial charge in [0.15, 0.2) is 0 Å². The summed E-state index contributed by atoms with van der Waals surface area (Å²) in [5.74, 6) is -0.442. The first-order valence-corrected chi connectivity index (χ1v) is 11.3. The largest absolute Gasteiger partial charge is 0.444 e. The van der Waals surface area contributed by atoms with Crippen molar-refractivity contribution in [2.75, 3.05) is 32.7 Å². The first-order chi connectivity index (χ1) is 15.5. The Bertz CT molecular complexity index is 789. The van der Waals surface area contributed by atoms with Crippen molar-refractivity contribution in [3.05, 3.63) is 35.6 Å². The number of unbranched alkanes of at least 4 members (excludes halogenated alkanes) is 1. The van der Waals surface area contributed by atoms with Gasteiger partial charge >= 0.3 is 12.1 Å². The van der Waals surface area contributed by atoms with Crippen molar-refractivity contribution in [3.8, 4) is 0 Å². The zero-order chi connectivity index (χ0) is 24.4. The van der Waals surface area contributed by atoms with E-state index in [0.29, 0.717) is 58.5 Å². The average molecular weight is 466 g/mol. The second-order valence-corrected chi connectivity index (χ2v) is 9.13. The van der Waals surface area contributed by atoms with E-state index in [9.17, 15) is 18.8 Å². The normalized spacial score (nSPS) is 15.1. The molecule has 1 atom stereocenters. The van der Waals surface area contributed by atoms with Gasteiger partial charge in [-0.25, -0.2) is 14.0 Å². The number of piperazine rings is 1. The molecule has 1 fully saturated rings. The maximum atomic E-state index is 13.0. The lowest BCUT2D eigenvalue weighted by Crippen LogP contribution is -2.55. The van der Waals surface area contributed by atoms with Crippen molar-refractivity contribution in [3.63, 3.8) is 0 Å². The van der Waals surface area contributed by atoms with Crippen molar-refractivity contribution < 1.29 is 23.5 Å². The van der Waals surface area contributed by atoms with Crippen LogP contribution in [0.5, 0.6) is 0 Å². The van der Waals surface area contributed by atoms with Gasteiger partial charge in [0.1, 0.15) is 11.4 Å². The van der Waals surface area contributed by atoms with E-state index in [1.807, 2.05) is 0 Å². The minimum absolute atomic E-state index is 0.124. The fourth-order valence-electron chi connectivity index (χ4n) is 3.37. The molecule has 2 rings (SSSR count). The topological polar surface area (TPSA) is 117 Å². The highest BCUT2D eigenvalue weighted by Gasteiger charge is 2.27. The van der Waals surface area contributed by atoms with E-state index in [1.54, 1.807) is 42.7 Å². The van der Waals surface area contributed by atoms with E-state index < -0.39 is 17.7 Å². The molecule has 33 heavy (non-hydrogen) atoms. The lowest BCUT2D eigenvalue weighted by atomic mass is 10.1. The number of nitrogens with one attached hydrogen (secondary N) is 2. The van der Waals surface area contributed by atoms with Gasteiger partial charge in [0.2, 0.25) is 5.91 Å². The van der Waals surface area contributed by atoms with Gasteiger partial charge in [0.25, 0.3) is 0 Å². The Morgan fingerprint density at radius 2 is 1.64 bits per heavy atom. The fraction of sp³-hybridized carbons (Fsp3) is 0.609. The predicted molar refractivity (Wildman–Crippen MR) is 123 cm³/mol. The van der Waals surface area contributed by atoms with Crippen molar-refractivity contribution in [1.29, 1.82) is 0 Å². The highest BCUT2D eigenvalue weighted by molar-refractivity contribution is 5.82. The molecule has 4 amide bonds. The number of carbonyl (C=O) groups is 3. The molecule has 1 saturated heterocycles. The third kappa shape index (κ3) is 9.65. The van der Waals surface area contributed by atoms with Crippen molar-refractivity contribution in [1.82, 2.24) is 20.4 Å². The van der Waals surface area contributed by atoms with Crippen LogP contribution in [-0.4, -0.2) is 72.2 Å². The van der Waals surface area contributed by atoms with Crippen LogP contribution in [0.3, 0.4) is 0 Å². The third-order valence-electron chi connectivity index (χ3n) is 5.16. The van der Waals surface area contributed by atoms with Gasteiger partial charge in [-0.3, -0.25) is 4.79 Å². The summed E-state index contributed by atoms with van der Waals surface area (Å²) in [6.07, 6.45) is 1.46. The highest BCUT2D eigenvalue weighted by atomic mass is 19.1. The molecule has 0 radical (unpaired) electrons. The summed E-state index contributed by atoms with van der Waals surface area (Å²) in [5, 5.41) is 5.50. The van der Waals surface area contributed by atoms with Crippen molar-refractivity contribution in [2.45, 2.75) is 58.2 Å². The SMILES string of the molecule is CC(C)(C)OC(=O)NCCCCC(N)C(=O)N1CCN(C(=O)NCc2ccc(F)cc2)CC1. The molecule has 0 spiro atoms. The van der Waals surface area contributed by atoms with Crippen molar-refractivity contribution >= 4 is 18.0 Å². The number of carbonyl (C=O) groups excluding carboxylic acids is 3. The molecule has 1 unspecified atom stereocenters. The molecule has 4 N–H and O–H groups in total. The molecule has 184 valence electrons. The van der Waals surface area contributed by atoms with E-state index >= 15 is 0 Å². The Hall–Kier alpha value is -2.88.